The van der Waals surface area contributed by atoms with E-state index in [9.17, 15) is 19.5 Å². The van der Waals surface area contributed by atoms with Crippen molar-refractivity contribution < 1.29 is 19.5 Å². The van der Waals surface area contributed by atoms with Crippen molar-refractivity contribution in [2.45, 2.75) is 37.2 Å². The number of aromatic hydroxyl groups is 1. The lowest BCUT2D eigenvalue weighted by Gasteiger charge is -2.22. The van der Waals surface area contributed by atoms with Crippen LogP contribution in [0.1, 0.15) is 41.7 Å². The van der Waals surface area contributed by atoms with E-state index in [0.717, 1.165) is 21.6 Å². The number of fused-ring (bicyclic) bond motifs is 1. The molecule has 1 aliphatic rings. The third-order valence-electron chi connectivity index (χ3n) is 5.31. The Kier molecular flexibility index (Phi) is 5.99. The van der Waals surface area contributed by atoms with Crippen LogP contribution in [0.5, 0.6) is 5.88 Å². The number of rotatable bonds is 6. The monoisotopic (exact) mass is 437 g/mol. The Labute approximate surface area is 183 Å². The van der Waals surface area contributed by atoms with Crippen LogP contribution in [0.3, 0.4) is 0 Å². The summed E-state index contributed by atoms with van der Waals surface area (Å²) in [6, 6.07) is 12.4. The fourth-order valence-electron chi connectivity index (χ4n) is 3.72. The van der Waals surface area contributed by atoms with E-state index < -0.39 is 11.9 Å². The summed E-state index contributed by atoms with van der Waals surface area (Å²) >= 11 is 1.72. The van der Waals surface area contributed by atoms with Crippen LogP contribution >= 0.6 is 11.8 Å². The highest BCUT2D eigenvalue weighted by atomic mass is 32.2. The van der Waals surface area contributed by atoms with Crippen molar-refractivity contribution in [3.63, 3.8) is 0 Å². The van der Waals surface area contributed by atoms with E-state index in [1.165, 1.54) is 4.57 Å². The molecule has 1 aromatic heterocycles. The highest BCUT2D eigenvalue weighted by Crippen LogP contribution is 2.33. The highest BCUT2D eigenvalue weighted by molar-refractivity contribution is 7.99. The molecule has 4 rings (SSSR count). The predicted molar refractivity (Wildman–Crippen MR) is 119 cm³/mol. The fourth-order valence-corrected chi connectivity index (χ4v) is 4.38. The Hall–Kier alpha value is -3.26. The van der Waals surface area contributed by atoms with E-state index >= 15 is 0 Å². The first-order valence-electron chi connectivity index (χ1n) is 10.1. The topological polar surface area (TPSA) is 100 Å². The number of benzene rings is 2. The molecule has 2 heterocycles. The lowest BCUT2D eigenvalue weighted by atomic mass is 10.1. The Morgan fingerprint density at radius 2 is 2.00 bits per heavy atom. The maximum Gasteiger partial charge on any atom is 0.251 e. The largest absolute Gasteiger partial charge is 0.494 e. The molecule has 3 amide bonds. The van der Waals surface area contributed by atoms with Gasteiger partial charge in [0.25, 0.3) is 5.91 Å². The number of hydrogen-bond donors (Lipinski definition) is 3. The van der Waals surface area contributed by atoms with Gasteiger partial charge in [0.05, 0.1) is 0 Å². The predicted octanol–water partition coefficient (Wildman–Crippen LogP) is 3.37. The van der Waals surface area contributed by atoms with Gasteiger partial charge in [-0.15, -0.1) is 11.8 Å². The van der Waals surface area contributed by atoms with E-state index in [-0.39, 0.29) is 24.1 Å². The smallest absolute Gasteiger partial charge is 0.251 e. The summed E-state index contributed by atoms with van der Waals surface area (Å²) < 4.78 is 1.50. The van der Waals surface area contributed by atoms with Crippen LogP contribution in [-0.4, -0.2) is 33.1 Å². The number of thioether (sulfide) groups is 1. The number of carbonyl (C=O) groups excluding carboxylic acids is 3. The number of amides is 3. The SMILES string of the molecule is CCSc1ccc(C(=O)NCc2ccc3c(O)n(C4CCC(=O)NC4=O)cc3c2)cc1. The zero-order valence-electron chi connectivity index (χ0n) is 17.1. The number of nitrogens with one attached hydrogen (secondary N) is 2. The van der Waals surface area contributed by atoms with E-state index in [2.05, 4.69) is 17.6 Å². The van der Waals surface area contributed by atoms with Gasteiger partial charge < -0.3 is 15.0 Å². The summed E-state index contributed by atoms with van der Waals surface area (Å²) in [5.74, 6) is 0.105. The molecule has 0 saturated carbocycles. The Balaban J connectivity index is 1.47. The molecule has 1 fully saturated rings. The third-order valence-corrected chi connectivity index (χ3v) is 6.20. The number of aromatic nitrogens is 1. The number of hydrogen-bond acceptors (Lipinski definition) is 5. The average molecular weight is 438 g/mol. The maximum atomic E-state index is 12.4. The molecule has 1 aliphatic heterocycles. The normalized spacial score (nSPS) is 16.4. The standard InChI is InChI=1S/C23H23N3O4S/c1-2-31-17-6-4-15(5-7-17)21(28)24-12-14-3-8-18-16(11-14)13-26(23(18)30)19-9-10-20(27)25-22(19)29/h3-8,11,13,19,30H,2,9-10,12H2,1H3,(H,24,28)(H,25,27,29). The van der Waals surface area contributed by atoms with Gasteiger partial charge in [-0.25, -0.2) is 0 Å². The van der Waals surface area contributed by atoms with Crippen LogP contribution in [0.25, 0.3) is 10.8 Å². The molecule has 160 valence electrons. The van der Waals surface area contributed by atoms with Gasteiger partial charge in [0.2, 0.25) is 11.8 Å². The van der Waals surface area contributed by atoms with Crippen molar-refractivity contribution in [2.75, 3.05) is 5.75 Å². The van der Waals surface area contributed by atoms with Gasteiger partial charge >= 0.3 is 0 Å². The van der Waals surface area contributed by atoms with Crippen LogP contribution in [0, 0.1) is 0 Å². The van der Waals surface area contributed by atoms with Crippen LogP contribution in [-0.2, 0) is 16.1 Å². The average Bonchev–Trinajstić information content (AvgIpc) is 3.08. The van der Waals surface area contributed by atoms with Gasteiger partial charge in [-0.3, -0.25) is 19.7 Å². The number of imide groups is 1. The molecule has 3 aromatic rings. The van der Waals surface area contributed by atoms with E-state index in [4.69, 9.17) is 0 Å². The molecule has 1 atom stereocenters. The summed E-state index contributed by atoms with van der Waals surface area (Å²) in [7, 11) is 0. The minimum Gasteiger partial charge on any atom is -0.494 e. The second-order valence-corrected chi connectivity index (χ2v) is 8.73. The lowest BCUT2D eigenvalue weighted by Crippen LogP contribution is -2.41. The van der Waals surface area contributed by atoms with Crippen LogP contribution in [0.15, 0.2) is 53.6 Å². The summed E-state index contributed by atoms with van der Waals surface area (Å²) in [6.45, 7) is 2.42. The van der Waals surface area contributed by atoms with E-state index in [1.807, 2.05) is 36.4 Å². The zero-order chi connectivity index (χ0) is 22.0. The van der Waals surface area contributed by atoms with E-state index in [1.54, 1.807) is 24.0 Å². The molecule has 7 nitrogen and oxygen atoms in total. The molecule has 3 N–H and O–H groups in total. The van der Waals surface area contributed by atoms with Crippen LogP contribution in [0.4, 0.5) is 0 Å². The molecule has 8 heteroatoms. The molecule has 0 spiro atoms. The molecule has 1 saturated heterocycles. The van der Waals surface area contributed by atoms with Crippen LogP contribution < -0.4 is 10.6 Å². The molecular weight excluding hydrogens is 414 g/mol. The van der Waals surface area contributed by atoms with Gasteiger partial charge in [0, 0.05) is 40.4 Å². The van der Waals surface area contributed by atoms with Gasteiger partial charge in [-0.05, 0) is 54.1 Å². The second kappa shape index (κ2) is 8.85. The minimum atomic E-state index is -0.623. The molecule has 0 aliphatic carbocycles. The first-order chi connectivity index (χ1) is 15.0. The summed E-state index contributed by atoms with van der Waals surface area (Å²) in [6.07, 6.45) is 2.29. The number of carbonyl (C=O) groups is 3. The Bertz CT molecular complexity index is 1150. The van der Waals surface area contributed by atoms with Gasteiger partial charge in [-0.2, -0.15) is 0 Å². The molecule has 31 heavy (non-hydrogen) atoms. The second-order valence-electron chi connectivity index (χ2n) is 7.39. The van der Waals surface area contributed by atoms with Gasteiger partial charge in [0.15, 0.2) is 5.88 Å². The van der Waals surface area contributed by atoms with Crippen molar-refractivity contribution in [1.82, 2.24) is 15.2 Å². The lowest BCUT2D eigenvalue weighted by molar-refractivity contribution is -0.135. The summed E-state index contributed by atoms with van der Waals surface area (Å²) in [5.41, 5.74) is 1.47. The summed E-state index contributed by atoms with van der Waals surface area (Å²) in [5, 5.41) is 17.2. The van der Waals surface area contributed by atoms with Crippen molar-refractivity contribution in [1.29, 1.82) is 0 Å². The Morgan fingerprint density at radius 3 is 2.71 bits per heavy atom. The van der Waals surface area contributed by atoms with E-state index in [0.29, 0.717) is 23.9 Å². The Morgan fingerprint density at radius 1 is 1.23 bits per heavy atom. The first-order valence-corrected chi connectivity index (χ1v) is 11.1. The molecular formula is C23H23N3O4S. The van der Waals surface area contributed by atoms with Gasteiger partial charge in [-0.1, -0.05) is 13.0 Å². The zero-order valence-corrected chi connectivity index (χ0v) is 17.9. The van der Waals surface area contributed by atoms with Crippen molar-refractivity contribution in [2.24, 2.45) is 0 Å². The number of piperidine rings is 1. The first kappa shape index (κ1) is 21.0. The highest BCUT2D eigenvalue weighted by Gasteiger charge is 2.30. The number of nitrogens with zero attached hydrogens (tertiary/aromatic N) is 1. The van der Waals surface area contributed by atoms with Gasteiger partial charge in [0.1, 0.15) is 6.04 Å². The summed E-state index contributed by atoms with van der Waals surface area (Å²) in [4.78, 5) is 37.1. The van der Waals surface area contributed by atoms with Crippen molar-refractivity contribution in [3.05, 3.63) is 59.8 Å². The van der Waals surface area contributed by atoms with Crippen molar-refractivity contribution >= 4 is 40.3 Å². The van der Waals surface area contributed by atoms with Crippen LogP contribution in [0.2, 0.25) is 0 Å². The molecule has 1 unspecified atom stereocenters. The maximum absolute atomic E-state index is 12.4. The van der Waals surface area contributed by atoms with Crippen molar-refractivity contribution in [3.8, 4) is 5.88 Å². The molecule has 0 radical (unpaired) electrons. The third kappa shape index (κ3) is 4.44. The fraction of sp³-hybridized carbons (Fsp3) is 0.261. The molecule has 2 aromatic carbocycles. The quantitative estimate of drug-likeness (QED) is 0.406. The minimum absolute atomic E-state index is 0.00915. The molecule has 0 bridgehead atoms.